The van der Waals surface area contributed by atoms with Gasteiger partial charge in [-0.25, -0.2) is 38.3 Å². The maximum absolute atomic E-state index is 14.1. The van der Waals surface area contributed by atoms with E-state index in [4.69, 9.17) is 23.7 Å². The molecule has 0 atom stereocenters. The average molecular weight is 989 g/mol. The van der Waals surface area contributed by atoms with E-state index in [-0.39, 0.29) is 87.9 Å². The predicted molar refractivity (Wildman–Crippen MR) is 253 cm³/mol. The SMILES string of the molecule is CCOC(=O)Oc1c2c(c(O)c3nccnc13)C(=O)N(Cc1ccc(F)cc1)C2=O.CCOC(=O)Oc1c2c(c(OC(c3ccccc3)c3ccccc3)c3nccnc13)C(=O)N(Cc1ccc(F)cc1)C2=O. The van der Waals surface area contributed by atoms with Gasteiger partial charge in [0.2, 0.25) is 0 Å². The summed E-state index contributed by atoms with van der Waals surface area (Å²) in [6, 6.07) is 29.5. The summed E-state index contributed by atoms with van der Waals surface area (Å²) in [7, 11) is 0. The smallest absolute Gasteiger partial charge is 0.505 e. The number of amides is 4. The van der Waals surface area contributed by atoms with Crippen LogP contribution in [0.15, 0.2) is 134 Å². The molecule has 8 aromatic rings. The molecule has 2 aliphatic rings. The van der Waals surface area contributed by atoms with E-state index >= 15 is 0 Å². The molecule has 4 amide bonds. The van der Waals surface area contributed by atoms with Gasteiger partial charge in [-0.15, -0.1) is 0 Å². The first-order chi connectivity index (χ1) is 35.4. The van der Waals surface area contributed by atoms with Crippen molar-refractivity contribution in [2.75, 3.05) is 13.2 Å². The number of imide groups is 2. The Labute approximate surface area is 412 Å². The van der Waals surface area contributed by atoms with Gasteiger partial charge in [-0.2, -0.15) is 0 Å². The number of nitrogens with zero attached hydrogens (tertiary/aromatic N) is 6. The van der Waals surface area contributed by atoms with Crippen molar-refractivity contribution in [2.24, 2.45) is 0 Å². The number of aromatic hydroxyl groups is 1. The summed E-state index contributed by atoms with van der Waals surface area (Å²) in [4.78, 5) is 97.2. The van der Waals surface area contributed by atoms with Crippen molar-refractivity contribution in [1.29, 1.82) is 0 Å². The molecular weight excluding hydrogens is 951 g/mol. The van der Waals surface area contributed by atoms with Crippen LogP contribution in [0.25, 0.3) is 22.1 Å². The molecule has 366 valence electrons. The molecule has 0 spiro atoms. The lowest BCUT2D eigenvalue weighted by Crippen LogP contribution is -2.29. The van der Waals surface area contributed by atoms with E-state index in [1.807, 2.05) is 60.7 Å². The third-order valence-electron chi connectivity index (χ3n) is 11.4. The zero-order valence-electron chi connectivity index (χ0n) is 38.5. The number of phenolic OH excluding ortho intramolecular Hbond substituents is 1. The van der Waals surface area contributed by atoms with E-state index in [0.717, 1.165) is 20.9 Å². The Balaban J connectivity index is 0.000000192. The zero-order chi connectivity index (χ0) is 51.3. The highest BCUT2D eigenvalue weighted by Gasteiger charge is 2.46. The number of phenols is 1. The first-order valence-corrected chi connectivity index (χ1v) is 22.4. The van der Waals surface area contributed by atoms with Crippen molar-refractivity contribution in [1.82, 2.24) is 29.7 Å². The molecule has 0 saturated carbocycles. The molecule has 0 fully saturated rings. The van der Waals surface area contributed by atoms with Crippen LogP contribution in [0.5, 0.6) is 23.0 Å². The van der Waals surface area contributed by atoms with Gasteiger partial charge in [0.25, 0.3) is 23.6 Å². The van der Waals surface area contributed by atoms with Crippen molar-refractivity contribution >= 4 is 58.0 Å². The molecule has 0 unspecified atom stereocenters. The monoisotopic (exact) mass is 988 g/mol. The normalized spacial score (nSPS) is 12.7. The van der Waals surface area contributed by atoms with Crippen LogP contribution in [0.2, 0.25) is 0 Å². The molecule has 4 heterocycles. The van der Waals surface area contributed by atoms with Crippen molar-refractivity contribution in [3.63, 3.8) is 0 Å². The zero-order valence-corrected chi connectivity index (χ0v) is 38.5. The highest BCUT2D eigenvalue weighted by molar-refractivity contribution is 6.27. The second-order valence-corrected chi connectivity index (χ2v) is 15.9. The Kier molecular flexibility index (Phi) is 13.7. The van der Waals surface area contributed by atoms with Crippen molar-refractivity contribution in [2.45, 2.75) is 33.0 Å². The Morgan fingerprint density at radius 3 is 1.29 bits per heavy atom. The van der Waals surface area contributed by atoms with Crippen LogP contribution in [0, 0.1) is 11.6 Å². The van der Waals surface area contributed by atoms with Crippen LogP contribution >= 0.6 is 0 Å². The number of hydrogen-bond acceptors (Lipinski definition) is 16. The largest absolute Gasteiger partial charge is 0.513 e. The summed E-state index contributed by atoms with van der Waals surface area (Å²) in [6.07, 6.45) is 2.46. The molecule has 0 saturated heterocycles. The third kappa shape index (κ3) is 9.51. The van der Waals surface area contributed by atoms with Crippen LogP contribution in [-0.4, -0.2) is 84.0 Å². The number of aromatic nitrogens is 4. The van der Waals surface area contributed by atoms with Crippen LogP contribution < -0.4 is 14.2 Å². The lowest BCUT2D eigenvalue weighted by atomic mass is 10.00. The number of halogens is 2. The van der Waals surface area contributed by atoms with Gasteiger partial charge >= 0.3 is 12.3 Å². The quantitative estimate of drug-likeness (QED) is 0.0684. The maximum atomic E-state index is 14.1. The fourth-order valence-corrected chi connectivity index (χ4v) is 8.13. The average Bonchev–Trinajstić information content (AvgIpc) is 3.80. The number of fused-ring (bicyclic) bond motifs is 4. The van der Waals surface area contributed by atoms with Gasteiger partial charge in [0, 0.05) is 24.8 Å². The van der Waals surface area contributed by atoms with Crippen LogP contribution in [0.4, 0.5) is 18.4 Å². The highest BCUT2D eigenvalue weighted by Crippen LogP contribution is 2.47. The summed E-state index contributed by atoms with van der Waals surface area (Å²) in [5, 5.41) is 10.6. The Morgan fingerprint density at radius 1 is 0.507 bits per heavy atom. The fourth-order valence-electron chi connectivity index (χ4n) is 8.13. The van der Waals surface area contributed by atoms with E-state index in [1.54, 1.807) is 13.8 Å². The second kappa shape index (κ2) is 20.7. The Morgan fingerprint density at radius 2 is 0.863 bits per heavy atom. The molecule has 2 aliphatic heterocycles. The van der Waals surface area contributed by atoms with E-state index in [9.17, 15) is 42.7 Å². The molecule has 10 rings (SSSR count). The van der Waals surface area contributed by atoms with Gasteiger partial charge in [-0.05, 0) is 60.4 Å². The van der Waals surface area contributed by atoms with E-state index in [1.165, 1.54) is 73.3 Å². The Bertz CT molecular complexity index is 3440. The number of rotatable bonds is 12. The number of ether oxygens (including phenoxy) is 5. The van der Waals surface area contributed by atoms with Gasteiger partial charge < -0.3 is 28.8 Å². The summed E-state index contributed by atoms with van der Waals surface area (Å²) >= 11 is 0. The van der Waals surface area contributed by atoms with Gasteiger partial charge in [0.15, 0.2) is 23.0 Å². The van der Waals surface area contributed by atoms with Gasteiger partial charge in [0.1, 0.15) is 62.1 Å². The first-order valence-electron chi connectivity index (χ1n) is 22.4. The molecule has 1 N–H and O–H groups in total. The standard InChI is InChI=1S/C33H24FN3O6.C20H14FN3O6/c1-2-41-33(40)43-30-25-24(31(38)37(32(25)39)19-20-13-15-23(34)16-14-20)29(26-27(30)36-18-17-35-26)42-28(21-9-5-3-6-10-21)22-11-7-4-8-12-22;1-2-29-20(28)30-17-13-12(16(25)14-15(17)23-8-7-22-14)18(26)24(19(13)27)9-10-3-5-11(21)6-4-10/h3-18,28H,2,19H2,1H3;3-8,25H,2,9H2,1H3. The van der Waals surface area contributed by atoms with Gasteiger partial charge in [-0.3, -0.25) is 29.0 Å². The van der Waals surface area contributed by atoms with E-state index < -0.39 is 59.4 Å². The van der Waals surface area contributed by atoms with Crippen molar-refractivity contribution in [3.8, 4) is 23.0 Å². The van der Waals surface area contributed by atoms with Crippen LogP contribution in [0.1, 0.15) is 83.6 Å². The molecule has 20 heteroatoms. The van der Waals surface area contributed by atoms with Crippen LogP contribution in [-0.2, 0) is 22.6 Å². The summed E-state index contributed by atoms with van der Waals surface area (Å²) < 4.78 is 53.8. The molecule has 0 aliphatic carbocycles. The van der Waals surface area contributed by atoms with Crippen molar-refractivity contribution in [3.05, 3.63) is 190 Å². The maximum Gasteiger partial charge on any atom is 0.513 e. The lowest BCUT2D eigenvalue weighted by molar-refractivity contribution is 0.0623. The van der Waals surface area contributed by atoms with E-state index in [2.05, 4.69) is 19.9 Å². The molecule has 73 heavy (non-hydrogen) atoms. The summed E-state index contributed by atoms with van der Waals surface area (Å²) in [5.41, 5.74) is 1.52. The summed E-state index contributed by atoms with van der Waals surface area (Å²) in [5.74, 6) is -5.10. The third-order valence-corrected chi connectivity index (χ3v) is 11.4. The lowest BCUT2D eigenvalue weighted by Gasteiger charge is -2.23. The molecule has 18 nitrogen and oxygen atoms in total. The van der Waals surface area contributed by atoms with Gasteiger partial charge in [0.05, 0.1) is 26.3 Å². The molecule has 6 aromatic carbocycles. The number of hydrogen-bond donors (Lipinski definition) is 1. The highest BCUT2D eigenvalue weighted by atomic mass is 19.1. The van der Waals surface area contributed by atoms with Gasteiger partial charge in [-0.1, -0.05) is 84.9 Å². The molecule has 0 bridgehead atoms. The number of benzene rings is 6. The molecule has 0 radical (unpaired) electrons. The minimum Gasteiger partial charge on any atom is -0.505 e. The fraction of sp³-hybridized carbons (Fsp3) is 0.132. The molecule has 2 aromatic heterocycles. The number of carbonyl (C=O) groups excluding carboxylic acids is 6. The minimum absolute atomic E-state index is 0.00645. The summed E-state index contributed by atoms with van der Waals surface area (Å²) in [6.45, 7) is 2.87. The second-order valence-electron chi connectivity index (χ2n) is 15.9. The topological polar surface area (TPSA) is 227 Å². The molecular formula is C53H38F2N6O12. The first kappa shape index (κ1) is 48.3. The predicted octanol–water partition coefficient (Wildman–Crippen LogP) is 9.07. The van der Waals surface area contributed by atoms with E-state index in [0.29, 0.717) is 11.1 Å². The number of carbonyl (C=O) groups is 6. The van der Waals surface area contributed by atoms with Crippen molar-refractivity contribution < 1.29 is 66.3 Å². The Hall–Kier alpha value is -9.72. The minimum atomic E-state index is -1.10. The van der Waals surface area contributed by atoms with Crippen LogP contribution in [0.3, 0.4) is 0 Å².